The van der Waals surface area contributed by atoms with E-state index >= 15 is 0 Å². The van der Waals surface area contributed by atoms with Crippen LogP contribution in [0.4, 0.5) is 0 Å². The Morgan fingerprint density at radius 3 is 0.769 bits per heavy atom. The van der Waals surface area contributed by atoms with Gasteiger partial charge >= 0.3 is 31.1 Å². The third-order valence-electron chi connectivity index (χ3n) is 0. The zero-order valence-corrected chi connectivity index (χ0v) is 15.0. The second-order valence-electron chi connectivity index (χ2n) is 2.65. The van der Waals surface area contributed by atoms with Crippen LogP contribution in [-0.4, -0.2) is 0 Å². The van der Waals surface area contributed by atoms with E-state index < -0.39 is 5.41 Å². The normalized spacial score (nSPS) is 7.38. The van der Waals surface area contributed by atoms with Crippen molar-refractivity contribution in [2.24, 2.45) is 5.41 Å². The smallest absolute Gasteiger partial charge is 0.584 e. The van der Waals surface area contributed by atoms with Crippen LogP contribution >= 0.6 is 0 Å². The third kappa shape index (κ3) is 690. The monoisotopic (exact) mass is 443 g/mol. The SMILES string of the molecule is C[CH-]C.C[CH-]C.[CH2-]C([CH2-])([CH2-])[CH2-].[U+3].[V]. The van der Waals surface area contributed by atoms with E-state index in [2.05, 4.69) is 27.7 Å². The van der Waals surface area contributed by atoms with Gasteiger partial charge < -0.3 is 46.0 Å². The fourth-order valence-electron chi connectivity index (χ4n) is 0. The van der Waals surface area contributed by atoms with Crippen molar-refractivity contribution in [3.05, 3.63) is 40.5 Å². The van der Waals surface area contributed by atoms with Crippen molar-refractivity contribution >= 4 is 0 Å². The number of rotatable bonds is 0. The summed E-state index contributed by atoms with van der Waals surface area (Å²) in [5, 5.41) is 0. The summed E-state index contributed by atoms with van der Waals surface area (Å²) in [5.74, 6) is 0. The molecular formula is C11H22UV-3. The molecule has 0 fully saturated rings. The maximum atomic E-state index is 3.44. The summed E-state index contributed by atoms with van der Waals surface area (Å²) in [6.45, 7) is 21.8. The van der Waals surface area contributed by atoms with Gasteiger partial charge in [-0.2, -0.15) is 27.7 Å². The maximum Gasteiger partial charge on any atom is 3.00 e. The predicted molar refractivity (Wildman–Crippen MR) is 55.2 cm³/mol. The average Bonchev–Trinajstić information content (AvgIpc) is 1.62. The second kappa shape index (κ2) is 23.4. The van der Waals surface area contributed by atoms with Crippen LogP contribution < -0.4 is 0 Å². The number of hydrogen-bond acceptors (Lipinski definition) is 0. The average molecular weight is 443 g/mol. The molecule has 0 saturated heterocycles. The summed E-state index contributed by atoms with van der Waals surface area (Å²) in [6, 6.07) is 0. The van der Waals surface area contributed by atoms with Crippen LogP contribution in [0.25, 0.3) is 0 Å². The van der Waals surface area contributed by atoms with E-state index in [9.17, 15) is 0 Å². The summed E-state index contributed by atoms with van der Waals surface area (Å²) < 4.78 is 0. The van der Waals surface area contributed by atoms with E-state index in [1.807, 2.05) is 40.5 Å². The summed E-state index contributed by atoms with van der Waals surface area (Å²) in [7, 11) is 0. The van der Waals surface area contributed by atoms with E-state index in [-0.39, 0.29) is 49.7 Å². The first-order valence-electron chi connectivity index (χ1n) is 3.72. The molecule has 0 aliphatic carbocycles. The minimum atomic E-state index is -0.500. The topological polar surface area (TPSA) is 0 Å². The standard InChI is InChI=1S/C5H8.2C3H7.U.V/c1-5(2,3)4;2*1-3-2;;/h1-4H2;2*3H,1-2H3;;/q-4;2*-1;+3;. The van der Waals surface area contributed by atoms with E-state index in [0.29, 0.717) is 0 Å². The molecule has 2 radical (unpaired) electrons. The fraction of sp³-hybridized carbons (Fsp3) is 0.455. The molecule has 0 amide bonds. The Balaban J connectivity index is -0.0000000240. The Bertz CT molecular complexity index is 40.5. The third-order valence-corrected chi connectivity index (χ3v) is 0. The second-order valence-corrected chi connectivity index (χ2v) is 2.65. The van der Waals surface area contributed by atoms with Crippen LogP contribution in [0.15, 0.2) is 0 Å². The van der Waals surface area contributed by atoms with Crippen LogP contribution in [0, 0.1) is 77.1 Å². The summed E-state index contributed by atoms with van der Waals surface area (Å²) in [6.07, 6.45) is 4.00. The molecule has 0 unspecified atom stereocenters. The van der Waals surface area contributed by atoms with Gasteiger partial charge in [0.25, 0.3) is 0 Å². The summed E-state index contributed by atoms with van der Waals surface area (Å²) in [5.41, 5.74) is -0.500. The predicted octanol–water partition coefficient (Wildman–Crippen LogP) is 3.77. The van der Waals surface area contributed by atoms with E-state index in [1.54, 1.807) is 0 Å². The quantitative estimate of drug-likeness (QED) is 0.501. The Labute approximate surface area is 122 Å². The van der Waals surface area contributed by atoms with E-state index in [4.69, 9.17) is 0 Å². The first-order chi connectivity index (χ1) is 4.83. The Morgan fingerprint density at radius 2 is 0.769 bits per heavy atom. The van der Waals surface area contributed by atoms with Crippen LogP contribution in [0.5, 0.6) is 0 Å². The molecule has 78 valence electrons. The van der Waals surface area contributed by atoms with Gasteiger partial charge in [0.05, 0.1) is 0 Å². The Morgan fingerprint density at radius 1 is 0.769 bits per heavy atom. The largest absolute Gasteiger partial charge is 3.00 e. The van der Waals surface area contributed by atoms with Crippen molar-refractivity contribution < 1.29 is 49.7 Å². The van der Waals surface area contributed by atoms with Gasteiger partial charge in [-0.05, 0) is 0 Å². The van der Waals surface area contributed by atoms with Gasteiger partial charge in [-0.25, -0.2) is 0 Å². The zero-order chi connectivity index (χ0) is 9.91. The van der Waals surface area contributed by atoms with Gasteiger partial charge in [0.2, 0.25) is 0 Å². The van der Waals surface area contributed by atoms with Crippen molar-refractivity contribution in [2.75, 3.05) is 0 Å². The molecule has 0 rings (SSSR count). The molecule has 0 aliphatic rings. The van der Waals surface area contributed by atoms with Crippen molar-refractivity contribution in [3.63, 3.8) is 0 Å². The Kier molecular flexibility index (Phi) is 52.9. The van der Waals surface area contributed by atoms with Crippen LogP contribution in [0.1, 0.15) is 27.7 Å². The molecule has 0 nitrogen and oxygen atoms in total. The Hall–Kier alpha value is 1.64. The van der Waals surface area contributed by atoms with Crippen LogP contribution in [-0.2, 0) is 18.6 Å². The molecule has 0 N–H and O–H groups in total. The molecular weight excluding hydrogens is 421 g/mol. The van der Waals surface area contributed by atoms with Gasteiger partial charge in [-0.3, -0.25) is 0 Å². The van der Waals surface area contributed by atoms with Gasteiger partial charge in [0, 0.05) is 18.6 Å². The molecule has 0 aromatic rings. The van der Waals surface area contributed by atoms with Crippen molar-refractivity contribution in [1.29, 1.82) is 0 Å². The molecule has 2 heteroatoms. The molecule has 13 heavy (non-hydrogen) atoms. The minimum absolute atomic E-state index is 0. The van der Waals surface area contributed by atoms with Crippen LogP contribution in [0.3, 0.4) is 0 Å². The van der Waals surface area contributed by atoms with Gasteiger partial charge in [0.15, 0.2) is 0 Å². The van der Waals surface area contributed by atoms with Crippen LogP contribution in [0.2, 0.25) is 0 Å². The van der Waals surface area contributed by atoms with E-state index in [1.165, 1.54) is 0 Å². The van der Waals surface area contributed by atoms with Gasteiger partial charge in [-0.1, -0.05) is 0 Å². The van der Waals surface area contributed by atoms with Gasteiger partial charge in [-0.15, -0.1) is 0 Å². The molecule has 0 atom stereocenters. The van der Waals surface area contributed by atoms with Gasteiger partial charge in [0.1, 0.15) is 0 Å². The minimum Gasteiger partial charge on any atom is -0.584 e. The molecule has 0 saturated carbocycles. The van der Waals surface area contributed by atoms with E-state index in [0.717, 1.165) is 0 Å². The molecule has 0 spiro atoms. The molecule has 0 heterocycles. The molecule has 0 aromatic carbocycles. The zero-order valence-electron chi connectivity index (χ0n) is 9.43. The molecule has 0 bridgehead atoms. The maximum absolute atomic E-state index is 3.44. The van der Waals surface area contributed by atoms with Crippen molar-refractivity contribution in [2.45, 2.75) is 27.7 Å². The fourth-order valence-corrected chi connectivity index (χ4v) is 0. The van der Waals surface area contributed by atoms with Crippen molar-refractivity contribution in [3.8, 4) is 0 Å². The first kappa shape index (κ1) is 29.3. The summed E-state index contributed by atoms with van der Waals surface area (Å²) in [4.78, 5) is 0. The number of hydrogen-bond donors (Lipinski definition) is 0. The van der Waals surface area contributed by atoms with Crippen molar-refractivity contribution in [1.82, 2.24) is 0 Å². The molecule has 0 aromatic heterocycles. The molecule has 0 aliphatic heterocycles. The summed E-state index contributed by atoms with van der Waals surface area (Å²) >= 11 is 0. The first-order valence-corrected chi connectivity index (χ1v) is 3.72.